The van der Waals surface area contributed by atoms with Gasteiger partial charge in [-0.05, 0) is 25.1 Å². The van der Waals surface area contributed by atoms with Gasteiger partial charge in [-0.1, -0.05) is 19.1 Å². The van der Waals surface area contributed by atoms with E-state index in [0.717, 1.165) is 11.0 Å². The number of para-hydroxylation sites is 1. The van der Waals surface area contributed by atoms with Crippen molar-refractivity contribution in [1.82, 2.24) is 5.32 Å². The molecule has 0 fully saturated rings. The van der Waals surface area contributed by atoms with Gasteiger partial charge in [0.05, 0.1) is 12.3 Å². The maximum absolute atomic E-state index is 14.1. The van der Waals surface area contributed by atoms with E-state index in [-0.39, 0.29) is 18.3 Å². The number of nitrogens with zero attached hydrogens (tertiary/aromatic N) is 1. The zero-order valence-corrected chi connectivity index (χ0v) is 12.0. The number of alkyl halides is 3. The molecule has 0 spiro atoms. The van der Waals surface area contributed by atoms with E-state index in [4.69, 9.17) is 5.11 Å². The predicted octanol–water partition coefficient (Wildman–Crippen LogP) is 2.86. The Kier molecular flexibility index (Phi) is 6.42. The Hall–Kier alpha value is -1.34. The summed E-state index contributed by atoms with van der Waals surface area (Å²) in [5.74, 6) is -0.727. The molecule has 0 aliphatic carbocycles. The molecule has 2 N–H and O–H groups in total. The van der Waals surface area contributed by atoms with E-state index >= 15 is 0 Å². The number of hydrogen-bond acceptors (Lipinski definition) is 3. The van der Waals surface area contributed by atoms with Crippen LogP contribution in [0.1, 0.15) is 25.5 Å². The molecular weight excluding hydrogens is 288 g/mol. The van der Waals surface area contributed by atoms with Crippen LogP contribution in [0.3, 0.4) is 0 Å². The van der Waals surface area contributed by atoms with E-state index in [1.54, 1.807) is 13.0 Å². The lowest BCUT2D eigenvalue weighted by molar-refractivity contribution is -0.119. The van der Waals surface area contributed by atoms with Gasteiger partial charge in [0.1, 0.15) is 12.4 Å². The highest BCUT2D eigenvalue weighted by molar-refractivity contribution is 5.56. The molecule has 0 heterocycles. The van der Waals surface area contributed by atoms with Crippen molar-refractivity contribution in [3.8, 4) is 0 Å². The third-order valence-corrected chi connectivity index (χ3v) is 3.05. The molecule has 0 aromatic heterocycles. The average Bonchev–Trinajstić information content (AvgIpc) is 2.36. The minimum atomic E-state index is -4.48. The number of aliphatic hydroxyl groups is 1. The molecule has 21 heavy (non-hydrogen) atoms. The van der Waals surface area contributed by atoms with Crippen molar-refractivity contribution >= 4 is 5.69 Å². The van der Waals surface area contributed by atoms with Crippen LogP contribution in [0.4, 0.5) is 23.2 Å². The van der Waals surface area contributed by atoms with E-state index in [2.05, 4.69) is 5.32 Å². The van der Waals surface area contributed by atoms with Gasteiger partial charge >= 0.3 is 6.18 Å². The van der Waals surface area contributed by atoms with Crippen molar-refractivity contribution in [3.05, 3.63) is 29.6 Å². The largest absolute Gasteiger partial charge is 0.405 e. The van der Waals surface area contributed by atoms with Crippen LogP contribution in [0.25, 0.3) is 0 Å². The number of halogens is 4. The molecule has 7 heteroatoms. The second-order valence-corrected chi connectivity index (χ2v) is 4.72. The molecule has 120 valence electrons. The molecule has 3 nitrogen and oxygen atoms in total. The molecular formula is C14H20F4N2O. The SMILES string of the molecule is CCNC(C)c1cccc(F)c1N(CCO)CC(F)(F)F. The van der Waals surface area contributed by atoms with Crippen LogP contribution >= 0.6 is 0 Å². The molecule has 0 amide bonds. The summed E-state index contributed by atoms with van der Waals surface area (Å²) >= 11 is 0. The van der Waals surface area contributed by atoms with E-state index < -0.39 is 25.1 Å². The van der Waals surface area contributed by atoms with Crippen molar-refractivity contribution in [3.63, 3.8) is 0 Å². The third-order valence-electron chi connectivity index (χ3n) is 3.05. The fraction of sp³-hybridized carbons (Fsp3) is 0.571. The van der Waals surface area contributed by atoms with Gasteiger partial charge < -0.3 is 15.3 Å². The van der Waals surface area contributed by atoms with E-state index in [0.29, 0.717) is 12.1 Å². The predicted molar refractivity (Wildman–Crippen MR) is 73.8 cm³/mol. The summed E-state index contributed by atoms with van der Waals surface area (Å²) in [4.78, 5) is 0.832. The van der Waals surface area contributed by atoms with Gasteiger partial charge in [0.25, 0.3) is 0 Å². The minimum absolute atomic E-state index is 0.114. The Morgan fingerprint density at radius 2 is 2.00 bits per heavy atom. The summed E-state index contributed by atoms with van der Waals surface area (Å²) in [6.45, 7) is 2.14. The summed E-state index contributed by atoms with van der Waals surface area (Å²) in [5.41, 5.74) is 0.326. The molecule has 0 saturated heterocycles. The minimum Gasteiger partial charge on any atom is -0.395 e. The van der Waals surface area contributed by atoms with Crippen molar-refractivity contribution in [2.75, 3.05) is 31.1 Å². The molecule has 1 aromatic carbocycles. The van der Waals surface area contributed by atoms with Gasteiger partial charge in [0, 0.05) is 12.6 Å². The van der Waals surface area contributed by atoms with Crippen molar-refractivity contribution in [2.24, 2.45) is 0 Å². The zero-order chi connectivity index (χ0) is 16.0. The number of anilines is 1. The van der Waals surface area contributed by atoms with Crippen LogP contribution in [-0.4, -0.2) is 37.5 Å². The maximum Gasteiger partial charge on any atom is 0.405 e. The van der Waals surface area contributed by atoms with Gasteiger partial charge in [0.15, 0.2) is 0 Å². The second kappa shape index (κ2) is 7.61. The average molecular weight is 308 g/mol. The normalized spacial score (nSPS) is 13.3. The lowest BCUT2D eigenvalue weighted by atomic mass is 10.0. The first-order chi connectivity index (χ1) is 9.80. The van der Waals surface area contributed by atoms with Crippen molar-refractivity contribution in [1.29, 1.82) is 0 Å². The summed E-state index contributed by atoms with van der Waals surface area (Å²) in [7, 11) is 0. The van der Waals surface area contributed by atoms with Gasteiger partial charge in [-0.15, -0.1) is 0 Å². The highest BCUT2D eigenvalue weighted by Gasteiger charge is 2.33. The fourth-order valence-corrected chi connectivity index (χ4v) is 2.24. The molecule has 0 radical (unpaired) electrons. The first kappa shape index (κ1) is 17.7. The van der Waals surface area contributed by atoms with Crippen LogP contribution in [0.5, 0.6) is 0 Å². The molecule has 0 saturated carbocycles. The summed E-state index contributed by atoms with van der Waals surface area (Å²) in [6.07, 6.45) is -4.48. The Morgan fingerprint density at radius 1 is 1.33 bits per heavy atom. The number of aliphatic hydroxyl groups excluding tert-OH is 1. The Labute approximate surface area is 121 Å². The lowest BCUT2D eigenvalue weighted by Crippen LogP contribution is -2.38. The number of benzene rings is 1. The Balaban J connectivity index is 3.22. The number of nitrogens with one attached hydrogen (secondary N) is 1. The van der Waals surface area contributed by atoms with Gasteiger partial charge in [-0.2, -0.15) is 13.2 Å². The van der Waals surface area contributed by atoms with Gasteiger partial charge in [-0.3, -0.25) is 0 Å². The lowest BCUT2D eigenvalue weighted by Gasteiger charge is -2.29. The molecule has 1 unspecified atom stereocenters. The third kappa shape index (κ3) is 5.17. The quantitative estimate of drug-likeness (QED) is 0.760. The van der Waals surface area contributed by atoms with Gasteiger partial charge in [-0.25, -0.2) is 4.39 Å². The fourth-order valence-electron chi connectivity index (χ4n) is 2.24. The van der Waals surface area contributed by atoms with E-state index in [9.17, 15) is 17.6 Å². The topological polar surface area (TPSA) is 35.5 Å². The van der Waals surface area contributed by atoms with Crippen LogP contribution in [-0.2, 0) is 0 Å². The van der Waals surface area contributed by atoms with Crippen molar-refractivity contribution in [2.45, 2.75) is 26.1 Å². The highest BCUT2D eigenvalue weighted by Crippen LogP contribution is 2.31. The van der Waals surface area contributed by atoms with E-state index in [1.165, 1.54) is 6.07 Å². The molecule has 1 aromatic rings. The second-order valence-electron chi connectivity index (χ2n) is 4.72. The van der Waals surface area contributed by atoms with Crippen LogP contribution in [0.2, 0.25) is 0 Å². The monoisotopic (exact) mass is 308 g/mol. The van der Waals surface area contributed by atoms with E-state index in [1.807, 2.05) is 6.92 Å². The number of hydrogen-bond donors (Lipinski definition) is 2. The molecule has 1 atom stereocenters. The summed E-state index contributed by atoms with van der Waals surface area (Å²) < 4.78 is 52.1. The molecule has 0 aliphatic rings. The van der Waals surface area contributed by atoms with Crippen LogP contribution in [0.15, 0.2) is 18.2 Å². The molecule has 0 aliphatic heterocycles. The smallest absolute Gasteiger partial charge is 0.395 e. The van der Waals surface area contributed by atoms with Crippen LogP contribution < -0.4 is 10.2 Å². The maximum atomic E-state index is 14.1. The standard InChI is InChI=1S/C14H20F4N2O/c1-3-19-10(2)11-5-4-6-12(15)13(11)20(7-8-21)9-14(16,17)18/h4-6,10,19,21H,3,7-9H2,1-2H3. The molecule has 1 rings (SSSR count). The summed E-state index contributed by atoms with van der Waals surface area (Å²) in [5, 5.41) is 12.0. The van der Waals surface area contributed by atoms with Crippen LogP contribution in [0, 0.1) is 5.82 Å². The highest BCUT2D eigenvalue weighted by atomic mass is 19.4. The summed E-state index contributed by atoms with van der Waals surface area (Å²) in [6, 6.07) is 3.88. The molecule has 0 bridgehead atoms. The zero-order valence-electron chi connectivity index (χ0n) is 12.0. The van der Waals surface area contributed by atoms with Crippen molar-refractivity contribution < 1.29 is 22.7 Å². The first-order valence-corrected chi connectivity index (χ1v) is 6.74. The first-order valence-electron chi connectivity index (χ1n) is 6.74. The number of rotatable bonds is 7. The van der Waals surface area contributed by atoms with Gasteiger partial charge in [0.2, 0.25) is 0 Å². The Morgan fingerprint density at radius 3 is 2.52 bits per heavy atom. The Bertz CT molecular complexity index is 451.